The summed E-state index contributed by atoms with van der Waals surface area (Å²) in [6, 6.07) is 8.02. The summed E-state index contributed by atoms with van der Waals surface area (Å²) in [6.07, 6.45) is 3.98. The lowest BCUT2D eigenvalue weighted by Crippen LogP contribution is -2.22. The number of carbonyl (C=O) groups excluding carboxylic acids is 1. The summed E-state index contributed by atoms with van der Waals surface area (Å²) in [5.74, 6) is 0.218. The first-order valence-electron chi connectivity index (χ1n) is 6.45. The van der Waals surface area contributed by atoms with Crippen LogP contribution in [0.1, 0.15) is 36.0 Å². The number of fused-ring (bicyclic) bond motifs is 1. The largest absolute Gasteiger partial charge is 0.378 e. The van der Waals surface area contributed by atoms with Gasteiger partial charge in [0, 0.05) is 23.3 Å². The Morgan fingerprint density at radius 3 is 3.11 bits per heavy atom. The van der Waals surface area contributed by atoms with Gasteiger partial charge in [-0.1, -0.05) is 12.1 Å². The highest BCUT2D eigenvalue weighted by atomic mass is 32.1. The Labute approximate surface area is 111 Å². The lowest BCUT2D eigenvalue weighted by molar-refractivity contribution is 0.0129. The molecule has 2 heterocycles. The molecule has 18 heavy (non-hydrogen) atoms. The van der Waals surface area contributed by atoms with Crippen LogP contribution in [0.5, 0.6) is 0 Å². The SMILES string of the molecule is O=C(CC1CCCCO1)c1cccc2ccsc12. The molecule has 1 aliphatic heterocycles. The molecular weight excluding hydrogens is 244 g/mol. The van der Waals surface area contributed by atoms with E-state index in [0.717, 1.165) is 35.1 Å². The fraction of sp³-hybridized carbons (Fsp3) is 0.400. The van der Waals surface area contributed by atoms with E-state index in [9.17, 15) is 4.79 Å². The molecule has 2 aromatic rings. The molecule has 0 bridgehead atoms. The van der Waals surface area contributed by atoms with Gasteiger partial charge in [0.15, 0.2) is 5.78 Å². The molecule has 1 unspecified atom stereocenters. The minimum atomic E-state index is 0.126. The third-order valence-electron chi connectivity index (χ3n) is 3.47. The Hall–Kier alpha value is -1.19. The Morgan fingerprint density at radius 1 is 1.33 bits per heavy atom. The molecule has 0 radical (unpaired) electrons. The summed E-state index contributed by atoms with van der Waals surface area (Å²) in [6.45, 7) is 0.807. The van der Waals surface area contributed by atoms with Crippen molar-refractivity contribution in [2.45, 2.75) is 31.8 Å². The monoisotopic (exact) mass is 260 g/mol. The minimum absolute atomic E-state index is 0.126. The average Bonchev–Trinajstić information content (AvgIpc) is 2.87. The van der Waals surface area contributed by atoms with E-state index in [1.807, 2.05) is 17.5 Å². The van der Waals surface area contributed by atoms with E-state index < -0.39 is 0 Å². The van der Waals surface area contributed by atoms with Gasteiger partial charge < -0.3 is 4.74 Å². The van der Waals surface area contributed by atoms with Crippen molar-refractivity contribution in [3.05, 3.63) is 35.2 Å². The van der Waals surface area contributed by atoms with Crippen LogP contribution < -0.4 is 0 Å². The zero-order valence-electron chi connectivity index (χ0n) is 10.2. The highest BCUT2D eigenvalue weighted by molar-refractivity contribution is 7.17. The van der Waals surface area contributed by atoms with Gasteiger partial charge in [-0.05, 0) is 42.2 Å². The second-order valence-corrected chi connectivity index (χ2v) is 5.68. The van der Waals surface area contributed by atoms with Crippen molar-refractivity contribution >= 4 is 27.2 Å². The first-order chi connectivity index (χ1) is 8.84. The van der Waals surface area contributed by atoms with Crippen LogP contribution in [0.4, 0.5) is 0 Å². The first-order valence-corrected chi connectivity index (χ1v) is 7.33. The fourth-order valence-corrected chi connectivity index (χ4v) is 3.43. The summed E-state index contributed by atoms with van der Waals surface area (Å²) in [4.78, 5) is 12.4. The number of benzene rings is 1. The van der Waals surface area contributed by atoms with Crippen molar-refractivity contribution in [1.29, 1.82) is 0 Å². The number of Topliss-reactive ketones (excluding diaryl/α,β-unsaturated/α-hetero) is 1. The summed E-state index contributed by atoms with van der Waals surface area (Å²) < 4.78 is 6.76. The van der Waals surface area contributed by atoms with Gasteiger partial charge in [-0.25, -0.2) is 0 Å². The normalized spacial score (nSPS) is 20.1. The molecule has 3 rings (SSSR count). The van der Waals surface area contributed by atoms with Crippen LogP contribution in [0.15, 0.2) is 29.6 Å². The maximum atomic E-state index is 12.4. The van der Waals surface area contributed by atoms with Gasteiger partial charge in [-0.2, -0.15) is 0 Å². The second kappa shape index (κ2) is 5.21. The van der Waals surface area contributed by atoms with Crippen LogP contribution in [0.25, 0.3) is 10.1 Å². The zero-order valence-corrected chi connectivity index (χ0v) is 11.0. The summed E-state index contributed by atoms with van der Waals surface area (Å²) >= 11 is 1.64. The number of rotatable bonds is 3. The third-order valence-corrected chi connectivity index (χ3v) is 4.43. The summed E-state index contributed by atoms with van der Waals surface area (Å²) in [5.41, 5.74) is 0.858. The van der Waals surface area contributed by atoms with E-state index in [1.165, 1.54) is 6.42 Å². The van der Waals surface area contributed by atoms with Crippen LogP contribution in [-0.4, -0.2) is 18.5 Å². The zero-order chi connectivity index (χ0) is 12.4. The number of hydrogen-bond acceptors (Lipinski definition) is 3. The van der Waals surface area contributed by atoms with E-state index in [0.29, 0.717) is 6.42 Å². The Balaban J connectivity index is 1.81. The van der Waals surface area contributed by atoms with Gasteiger partial charge in [-0.15, -0.1) is 11.3 Å². The number of hydrogen-bond donors (Lipinski definition) is 0. The quantitative estimate of drug-likeness (QED) is 0.778. The highest BCUT2D eigenvalue weighted by Crippen LogP contribution is 2.27. The predicted octanol–water partition coefficient (Wildman–Crippen LogP) is 4.04. The van der Waals surface area contributed by atoms with Crippen LogP contribution in [0.2, 0.25) is 0 Å². The van der Waals surface area contributed by atoms with E-state index in [-0.39, 0.29) is 11.9 Å². The summed E-state index contributed by atoms with van der Waals surface area (Å²) in [5, 5.41) is 3.20. The lowest BCUT2D eigenvalue weighted by Gasteiger charge is -2.21. The molecule has 1 fully saturated rings. The molecule has 0 saturated carbocycles. The number of ketones is 1. The van der Waals surface area contributed by atoms with Gasteiger partial charge in [-0.3, -0.25) is 4.79 Å². The third kappa shape index (κ3) is 2.33. The first kappa shape index (κ1) is 11.9. The van der Waals surface area contributed by atoms with E-state index in [1.54, 1.807) is 11.3 Å². The molecule has 1 saturated heterocycles. The maximum absolute atomic E-state index is 12.4. The van der Waals surface area contributed by atoms with Crippen molar-refractivity contribution in [1.82, 2.24) is 0 Å². The molecule has 1 atom stereocenters. The molecule has 1 aromatic heterocycles. The van der Waals surface area contributed by atoms with E-state index in [4.69, 9.17) is 4.74 Å². The van der Waals surface area contributed by atoms with Crippen LogP contribution in [-0.2, 0) is 4.74 Å². The number of ether oxygens (including phenoxy) is 1. The minimum Gasteiger partial charge on any atom is -0.378 e. The van der Waals surface area contributed by atoms with Gasteiger partial charge in [0.05, 0.1) is 6.10 Å². The van der Waals surface area contributed by atoms with Crippen LogP contribution in [0.3, 0.4) is 0 Å². The molecule has 0 spiro atoms. The molecule has 3 heteroatoms. The van der Waals surface area contributed by atoms with Gasteiger partial charge in [0.1, 0.15) is 0 Å². The van der Waals surface area contributed by atoms with Crippen molar-refractivity contribution in [2.24, 2.45) is 0 Å². The molecule has 0 aliphatic carbocycles. The van der Waals surface area contributed by atoms with Crippen LogP contribution in [0, 0.1) is 0 Å². The molecule has 1 aromatic carbocycles. The lowest BCUT2D eigenvalue weighted by atomic mass is 9.99. The van der Waals surface area contributed by atoms with Gasteiger partial charge in [0.2, 0.25) is 0 Å². The average molecular weight is 260 g/mol. The van der Waals surface area contributed by atoms with E-state index >= 15 is 0 Å². The van der Waals surface area contributed by atoms with Crippen molar-refractivity contribution in [3.63, 3.8) is 0 Å². The Bertz CT molecular complexity index is 552. The molecule has 94 valence electrons. The van der Waals surface area contributed by atoms with Crippen LogP contribution >= 0.6 is 11.3 Å². The van der Waals surface area contributed by atoms with Crippen molar-refractivity contribution < 1.29 is 9.53 Å². The molecule has 0 amide bonds. The Kier molecular flexibility index (Phi) is 3.43. The summed E-state index contributed by atoms with van der Waals surface area (Å²) in [7, 11) is 0. The fourth-order valence-electron chi connectivity index (χ4n) is 2.50. The van der Waals surface area contributed by atoms with E-state index in [2.05, 4.69) is 12.1 Å². The molecule has 1 aliphatic rings. The highest BCUT2D eigenvalue weighted by Gasteiger charge is 2.20. The maximum Gasteiger partial charge on any atom is 0.166 e. The van der Waals surface area contributed by atoms with Gasteiger partial charge >= 0.3 is 0 Å². The topological polar surface area (TPSA) is 26.3 Å². The standard InChI is InChI=1S/C15H16O2S/c16-14(10-12-5-1-2-8-17-12)13-6-3-4-11-7-9-18-15(11)13/h3-4,6-7,9,12H,1-2,5,8,10H2. The van der Waals surface area contributed by atoms with Crippen molar-refractivity contribution in [2.75, 3.05) is 6.61 Å². The Morgan fingerprint density at radius 2 is 2.28 bits per heavy atom. The molecule has 2 nitrogen and oxygen atoms in total. The van der Waals surface area contributed by atoms with Crippen molar-refractivity contribution in [3.8, 4) is 0 Å². The van der Waals surface area contributed by atoms with Gasteiger partial charge in [0.25, 0.3) is 0 Å². The predicted molar refractivity (Wildman–Crippen MR) is 74.4 cm³/mol. The second-order valence-electron chi connectivity index (χ2n) is 4.76. The molecule has 0 N–H and O–H groups in total. The number of thiophene rings is 1. The number of carbonyl (C=O) groups is 1. The smallest absolute Gasteiger partial charge is 0.166 e. The molecular formula is C15H16O2S.